The van der Waals surface area contributed by atoms with Crippen molar-refractivity contribution in [3.8, 4) is 0 Å². The zero-order chi connectivity index (χ0) is 13.5. The highest BCUT2D eigenvalue weighted by molar-refractivity contribution is 6.18. The second-order valence-corrected chi connectivity index (χ2v) is 6.38. The second kappa shape index (κ2) is 4.92. The molecule has 0 spiro atoms. The predicted octanol–water partition coefficient (Wildman–Crippen LogP) is 4.35. The molecule has 2 saturated carbocycles. The molecule has 2 aliphatic carbocycles. The average Bonchev–Trinajstić information content (AvgIpc) is 3.37. The molecule has 1 aromatic heterocycles. The van der Waals surface area contributed by atoms with E-state index in [0.717, 1.165) is 17.3 Å². The van der Waals surface area contributed by atoms with Crippen LogP contribution >= 0.6 is 11.6 Å². The zero-order valence-electron chi connectivity index (χ0n) is 11.6. The third-order valence-corrected chi connectivity index (χ3v) is 4.65. The van der Waals surface area contributed by atoms with Crippen LogP contribution in [0.5, 0.6) is 0 Å². The van der Waals surface area contributed by atoms with E-state index < -0.39 is 0 Å². The van der Waals surface area contributed by atoms with Crippen molar-refractivity contribution in [2.75, 3.05) is 11.4 Å². The Morgan fingerprint density at radius 2 is 1.95 bits per heavy atom. The Kier molecular flexibility index (Phi) is 3.07. The van der Waals surface area contributed by atoms with Gasteiger partial charge in [-0.05, 0) is 49.3 Å². The van der Waals surface area contributed by atoms with Crippen LogP contribution in [0.1, 0.15) is 31.2 Å². The number of fused-ring (bicyclic) bond motifs is 1. The molecule has 0 unspecified atom stereocenters. The third kappa shape index (κ3) is 2.37. The molecule has 0 radical (unpaired) electrons. The van der Waals surface area contributed by atoms with E-state index in [4.69, 9.17) is 16.6 Å². The number of benzene rings is 1. The molecule has 2 fully saturated rings. The molecule has 2 aliphatic rings. The first-order chi connectivity index (χ1) is 9.85. The van der Waals surface area contributed by atoms with E-state index in [1.54, 1.807) is 0 Å². The summed E-state index contributed by atoms with van der Waals surface area (Å²) in [6.45, 7) is 1.18. The summed E-state index contributed by atoms with van der Waals surface area (Å²) < 4.78 is 0. The highest BCUT2D eigenvalue weighted by Gasteiger charge is 2.34. The fraction of sp³-hybridized carbons (Fsp3) is 0.471. The van der Waals surface area contributed by atoms with Crippen LogP contribution in [0.4, 0.5) is 5.82 Å². The lowest BCUT2D eigenvalue weighted by Gasteiger charge is -2.24. The molecule has 1 heterocycles. The van der Waals surface area contributed by atoms with Crippen LogP contribution in [0, 0.1) is 5.92 Å². The van der Waals surface area contributed by atoms with Gasteiger partial charge in [-0.25, -0.2) is 4.98 Å². The predicted molar refractivity (Wildman–Crippen MR) is 84.4 cm³/mol. The monoisotopic (exact) mass is 286 g/mol. The lowest BCUT2D eigenvalue weighted by molar-refractivity contribution is 0.710. The number of pyridine rings is 1. The van der Waals surface area contributed by atoms with Crippen molar-refractivity contribution in [3.05, 3.63) is 35.9 Å². The minimum absolute atomic E-state index is 0.554. The standard InChI is InChI=1S/C17H19ClN2/c18-10-13-9-17(19-16-4-2-1-3-15(13)16)20(14-7-8-14)11-12-5-6-12/h1-4,9,12,14H,5-8,10-11H2. The molecule has 0 atom stereocenters. The van der Waals surface area contributed by atoms with Gasteiger partial charge in [0.2, 0.25) is 0 Å². The Labute approximate surface area is 124 Å². The van der Waals surface area contributed by atoms with Crippen LogP contribution in [0.15, 0.2) is 30.3 Å². The van der Waals surface area contributed by atoms with E-state index in [0.29, 0.717) is 11.9 Å². The summed E-state index contributed by atoms with van der Waals surface area (Å²) in [5.74, 6) is 2.58. The summed E-state index contributed by atoms with van der Waals surface area (Å²) >= 11 is 6.15. The topological polar surface area (TPSA) is 16.1 Å². The lowest BCUT2D eigenvalue weighted by Crippen LogP contribution is -2.29. The summed E-state index contributed by atoms with van der Waals surface area (Å²) in [4.78, 5) is 7.42. The van der Waals surface area contributed by atoms with E-state index in [2.05, 4.69) is 35.2 Å². The van der Waals surface area contributed by atoms with E-state index in [-0.39, 0.29) is 0 Å². The van der Waals surface area contributed by atoms with E-state index in [1.165, 1.54) is 43.2 Å². The zero-order valence-corrected chi connectivity index (χ0v) is 12.3. The van der Waals surface area contributed by atoms with Crippen LogP contribution in [-0.4, -0.2) is 17.6 Å². The molecule has 2 nitrogen and oxygen atoms in total. The summed E-state index contributed by atoms with van der Waals surface area (Å²) in [5.41, 5.74) is 2.27. The quantitative estimate of drug-likeness (QED) is 0.760. The number of para-hydroxylation sites is 1. The molecule has 0 N–H and O–H groups in total. The van der Waals surface area contributed by atoms with Gasteiger partial charge in [0, 0.05) is 23.9 Å². The molecule has 4 rings (SSSR count). The van der Waals surface area contributed by atoms with Gasteiger partial charge in [0.05, 0.1) is 5.52 Å². The number of hydrogen-bond donors (Lipinski definition) is 0. The van der Waals surface area contributed by atoms with Crippen molar-refractivity contribution >= 4 is 28.3 Å². The maximum Gasteiger partial charge on any atom is 0.129 e. The van der Waals surface area contributed by atoms with Crippen LogP contribution < -0.4 is 4.90 Å². The minimum atomic E-state index is 0.554. The van der Waals surface area contributed by atoms with Crippen molar-refractivity contribution in [1.82, 2.24) is 4.98 Å². The molecule has 0 saturated heterocycles. The van der Waals surface area contributed by atoms with Crippen molar-refractivity contribution < 1.29 is 0 Å². The summed E-state index contributed by atoms with van der Waals surface area (Å²) in [5, 5.41) is 1.19. The summed E-state index contributed by atoms with van der Waals surface area (Å²) in [7, 11) is 0. The van der Waals surface area contributed by atoms with Crippen LogP contribution in [0.3, 0.4) is 0 Å². The molecular formula is C17H19ClN2. The average molecular weight is 287 g/mol. The normalized spacial score (nSPS) is 18.4. The van der Waals surface area contributed by atoms with E-state index in [9.17, 15) is 0 Å². The summed E-state index contributed by atoms with van der Waals surface area (Å²) in [6, 6.07) is 11.2. The van der Waals surface area contributed by atoms with Crippen LogP contribution in [-0.2, 0) is 5.88 Å². The Balaban J connectivity index is 1.77. The van der Waals surface area contributed by atoms with Gasteiger partial charge in [-0.15, -0.1) is 11.6 Å². The van der Waals surface area contributed by atoms with E-state index >= 15 is 0 Å². The molecule has 3 heteroatoms. The SMILES string of the molecule is ClCc1cc(N(CC2CC2)C2CC2)nc2ccccc12. The molecule has 0 bridgehead atoms. The van der Waals surface area contributed by atoms with Gasteiger partial charge >= 0.3 is 0 Å². The molecule has 20 heavy (non-hydrogen) atoms. The van der Waals surface area contributed by atoms with E-state index in [1.807, 2.05) is 0 Å². The number of anilines is 1. The molecular weight excluding hydrogens is 268 g/mol. The molecule has 2 aromatic rings. The fourth-order valence-corrected chi connectivity index (χ4v) is 3.11. The van der Waals surface area contributed by atoms with Gasteiger partial charge in [-0.3, -0.25) is 0 Å². The molecule has 104 valence electrons. The van der Waals surface area contributed by atoms with Crippen LogP contribution in [0.2, 0.25) is 0 Å². The van der Waals surface area contributed by atoms with Gasteiger partial charge in [-0.2, -0.15) is 0 Å². The number of halogens is 1. The van der Waals surface area contributed by atoms with Crippen molar-refractivity contribution in [2.45, 2.75) is 37.6 Å². The van der Waals surface area contributed by atoms with Crippen LogP contribution in [0.25, 0.3) is 10.9 Å². The maximum atomic E-state index is 6.15. The largest absolute Gasteiger partial charge is 0.353 e. The second-order valence-electron chi connectivity index (χ2n) is 6.12. The first-order valence-electron chi connectivity index (χ1n) is 7.56. The number of alkyl halides is 1. The number of nitrogens with zero attached hydrogens (tertiary/aromatic N) is 2. The highest BCUT2D eigenvalue weighted by Crippen LogP contribution is 2.38. The first-order valence-corrected chi connectivity index (χ1v) is 8.10. The first kappa shape index (κ1) is 12.5. The number of rotatable bonds is 5. The lowest BCUT2D eigenvalue weighted by atomic mass is 10.1. The number of aromatic nitrogens is 1. The molecule has 1 aromatic carbocycles. The number of hydrogen-bond acceptors (Lipinski definition) is 2. The Hall–Kier alpha value is -1.28. The van der Waals surface area contributed by atoms with Crippen molar-refractivity contribution in [1.29, 1.82) is 0 Å². The maximum absolute atomic E-state index is 6.15. The van der Waals surface area contributed by atoms with Gasteiger partial charge in [0.1, 0.15) is 5.82 Å². The van der Waals surface area contributed by atoms with Gasteiger partial charge < -0.3 is 4.90 Å². The highest BCUT2D eigenvalue weighted by atomic mass is 35.5. The molecule has 0 aliphatic heterocycles. The van der Waals surface area contributed by atoms with Crippen molar-refractivity contribution in [3.63, 3.8) is 0 Å². The minimum Gasteiger partial charge on any atom is -0.353 e. The van der Waals surface area contributed by atoms with Gasteiger partial charge in [-0.1, -0.05) is 18.2 Å². The third-order valence-electron chi connectivity index (χ3n) is 4.37. The smallest absolute Gasteiger partial charge is 0.129 e. The Morgan fingerprint density at radius 1 is 1.15 bits per heavy atom. The fourth-order valence-electron chi connectivity index (χ4n) is 2.88. The molecule has 0 amide bonds. The Bertz CT molecular complexity index is 632. The Morgan fingerprint density at radius 3 is 2.65 bits per heavy atom. The summed E-state index contributed by atoms with van der Waals surface area (Å²) in [6.07, 6.45) is 5.41. The van der Waals surface area contributed by atoms with Crippen molar-refractivity contribution in [2.24, 2.45) is 5.92 Å². The van der Waals surface area contributed by atoms with Gasteiger partial charge in [0.25, 0.3) is 0 Å². The van der Waals surface area contributed by atoms with Gasteiger partial charge in [0.15, 0.2) is 0 Å².